The van der Waals surface area contributed by atoms with Gasteiger partial charge in [0.25, 0.3) is 5.91 Å². The third kappa shape index (κ3) is 3.55. The Morgan fingerprint density at radius 1 is 1.27 bits per heavy atom. The molecule has 3 aromatic heterocycles. The molecule has 1 amide bonds. The summed E-state index contributed by atoms with van der Waals surface area (Å²) in [6, 6.07) is 3.93. The minimum atomic E-state index is -0.106. The highest BCUT2D eigenvalue weighted by molar-refractivity contribution is 5.92. The van der Waals surface area contributed by atoms with E-state index in [-0.39, 0.29) is 11.8 Å². The van der Waals surface area contributed by atoms with Crippen LogP contribution in [0.15, 0.2) is 36.9 Å². The maximum atomic E-state index is 12.7. The molecule has 1 aliphatic heterocycles. The summed E-state index contributed by atoms with van der Waals surface area (Å²) in [6.07, 6.45) is 7.44. The first-order chi connectivity index (χ1) is 12.7. The number of nitrogens with zero attached hydrogens (tertiary/aromatic N) is 6. The highest BCUT2D eigenvalue weighted by Crippen LogP contribution is 2.15. The third-order valence-electron chi connectivity index (χ3n) is 4.43. The molecule has 0 unspecified atom stereocenters. The van der Waals surface area contributed by atoms with Gasteiger partial charge in [-0.2, -0.15) is 5.10 Å². The van der Waals surface area contributed by atoms with Crippen molar-refractivity contribution in [3.63, 3.8) is 0 Å². The number of carbonyl (C=O) groups is 1. The van der Waals surface area contributed by atoms with Gasteiger partial charge >= 0.3 is 0 Å². The van der Waals surface area contributed by atoms with E-state index < -0.39 is 0 Å². The quantitative estimate of drug-likeness (QED) is 0.703. The number of ether oxygens (including phenoxy) is 1. The normalized spacial score (nSPS) is 18.0. The summed E-state index contributed by atoms with van der Waals surface area (Å²) in [5, 5.41) is 4.57. The minimum Gasteiger partial charge on any atom is -0.379 e. The number of imidazole rings is 1. The summed E-state index contributed by atoms with van der Waals surface area (Å²) < 4.78 is 7.47. The van der Waals surface area contributed by atoms with Crippen LogP contribution in [0.25, 0.3) is 5.65 Å². The summed E-state index contributed by atoms with van der Waals surface area (Å²) in [4.78, 5) is 27.1. The van der Waals surface area contributed by atoms with Gasteiger partial charge in [-0.05, 0) is 25.5 Å². The van der Waals surface area contributed by atoms with Crippen LogP contribution in [0.2, 0.25) is 0 Å². The maximum Gasteiger partial charge on any atom is 0.274 e. The lowest BCUT2D eigenvalue weighted by molar-refractivity contribution is 0.0731. The largest absolute Gasteiger partial charge is 0.379 e. The van der Waals surface area contributed by atoms with Gasteiger partial charge in [0.1, 0.15) is 5.69 Å². The Morgan fingerprint density at radius 2 is 2.19 bits per heavy atom. The van der Waals surface area contributed by atoms with Crippen molar-refractivity contribution in [2.75, 3.05) is 26.3 Å². The van der Waals surface area contributed by atoms with Crippen LogP contribution in [0.4, 0.5) is 0 Å². The van der Waals surface area contributed by atoms with Gasteiger partial charge in [0, 0.05) is 37.6 Å². The van der Waals surface area contributed by atoms with E-state index in [9.17, 15) is 4.79 Å². The monoisotopic (exact) mass is 352 g/mol. The standard InChI is InChI=1S/C18H20N6O2/c1-13-9-21-16(10-20-13)18(25)23-6-7-26-12-14(11-23)8-15-2-3-17-19-4-5-24(17)22-15/h2-5,9-10,14H,6-8,11-12H2,1H3/t14-/m1/s1. The van der Waals surface area contributed by atoms with E-state index >= 15 is 0 Å². The SMILES string of the molecule is Cc1cnc(C(=O)N2CCOC[C@H](Cc3ccc4nccn4n3)C2)cn1. The summed E-state index contributed by atoms with van der Waals surface area (Å²) in [7, 11) is 0. The summed E-state index contributed by atoms with van der Waals surface area (Å²) in [6.45, 7) is 4.14. The molecule has 0 spiro atoms. The highest BCUT2D eigenvalue weighted by atomic mass is 16.5. The fourth-order valence-electron chi connectivity index (χ4n) is 3.11. The molecule has 8 heteroatoms. The van der Waals surface area contributed by atoms with Crippen LogP contribution in [-0.4, -0.2) is 61.7 Å². The lowest BCUT2D eigenvalue weighted by atomic mass is 10.0. The van der Waals surface area contributed by atoms with E-state index in [1.54, 1.807) is 21.8 Å². The first kappa shape index (κ1) is 16.6. The number of amides is 1. The zero-order chi connectivity index (χ0) is 17.9. The molecule has 0 bridgehead atoms. The Bertz CT molecular complexity index is 907. The summed E-state index contributed by atoms with van der Waals surface area (Å²) in [5.74, 6) is 0.0688. The predicted molar refractivity (Wildman–Crippen MR) is 93.7 cm³/mol. The molecule has 1 fully saturated rings. The predicted octanol–water partition coefficient (Wildman–Crippen LogP) is 1.16. The molecule has 26 heavy (non-hydrogen) atoms. The van der Waals surface area contributed by atoms with E-state index in [0.717, 1.165) is 23.5 Å². The molecule has 4 rings (SSSR count). The van der Waals surface area contributed by atoms with Gasteiger partial charge in [-0.15, -0.1) is 0 Å². The van der Waals surface area contributed by atoms with Crippen molar-refractivity contribution < 1.29 is 9.53 Å². The van der Waals surface area contributed by atoms with Crippen molar-refractivity contribution in [1.82, 2.24) is 29.5 Å². The van der Waals surface area contributed by atoms with Gasteiger partial charge in [-0.3, -0.25) is 9.78 Å². The number of hydrogen-bond donors (Lipinski definition) is 0. The molecule has 0 N–H and O–H groups in total. The molecule has 0 saturated carbocycles. The minimum absolute atomic E-state index is 0.106. The van der Waals surface area contributed by atoms with Gasteiger partial charge in [0.05, 0.1) is 30.8 Å². The Hall–Kier alpha value is -2.87. The zero-order valence-corrected chi connectivity index (χ0v) is 14.6. The van der Waals surface area contributed by atoms with E-state index in [4.69, 9.17) is 4.74 Å². The summed E-state index contributed by atoms with van der Waals surface area (Å²) >= 11 is 0. The fraction of sp³-hybridized carbons (Fsp3) is 0.389. The number of fused-ring (bicyclic) bond motifs is 1. The number of aromatic nitrogens is 5. The van der Waals surface area contributed by atoms with E-state index in [1.165, 1.54) is 6.20 Å². The van der Waals surface area contributed by atoms with Crippen molar-refractivity contribution in [2.45, 2.75) is 13.3 Å². The Labute approximate surface area is 150 Å². The lowest BCUT2D eigenvalue weighted by Gasteiger charge is -2.23. The summed E-state index contributed by atoms with van der Waals surface area (Å²) in [5.41, 5.74) is 2.93. The smallest absolute Gasteiger partial charge is 0.274 e. The van der Waals surface area contributed by atoms with E-state index in [1.807, 2.05) is 25.3 Å². The second kappa shape index (κ2) is 7.17. The first-order valence-electron chi connectivity index (χ1n) is 8.64. The maximum absolute atomic E-state index is 12.7. The highest BCUT2D eigenvalue weighted by Gasteiger charge is 2.25. The number of rotatable bonds is 3. The second-order valence-corrected chi connectivity index (χ2v) is 6.49. The molecule has 134 valence electrons. The molecule has 1 saturated heterocycles. The average molecular weight is 352 g/mol. The number of carbonyl (C=O) groups excluding carboxylic acids is 1. The van der Waals surface area contributed by atoms with Crippen LogP contribution in [-0.2, 0) is 11.2 Å². The third-order valence-corrected chi connectivity index (χ3v) is 4.43. The topological polar surface area (TPSA) is 85.5 Å². The molecular weight excluding hydrogens is 332 g/mol. The van der Waals surface area contributed by atoms with Crippen molar-refractivity contribution in [3.05, 3.63) is 54.0 Å². The van der Waals surface area contributed by atoms with Crippen LogP contribution in [0.5, 0.6) is 0 Å². The van der Waals surface area contributed by atoms with Crippen LogP contribution < -0.4 is 0 Å². The first-order valence-corrected chi connectivity index (χ1v) is 8.64. The molecule has 4 heterocycles. The zero-order valence-electron chi connectivity index (χ0n) is 14.6. The lowest BCUT2D eigenvalue weighted by Crippen LogP contribution is -2.37. The molecule has 0 aromatic carbocycles. The molecule has 0 aliphatic carbocycles. The van der Waals surface area contributed by atoms with Gasteiger partial charge in [0.2, 0.25) is 0 Å². The second-order valence-electron chi connectivity index (χ2n) is 6.49. The molecule has 1 aliphatic rings. The fourth-order valence-corrected chi connectivity index (χ4v) is 3.11. The van der Waals surface area contributed by atoms with Crippen LogP contribution in [0.3, 0.4) is 0 Å². The molecular formula is C18H20N6O2. The Morgan fingerprint density at radius 3 is 3.04 bits per heavy atom. The van der Waals surface area contributed by atoms with Crippen molar-refractivity contribution in [2.24, 2.45) is 5.92 Å². The molecule has 1 atom stereocenters. The number of aryl methyl sites for hydroxylation is 1. The van der Waals surface area contributed by atoms with E-state index in [2.05, 4.69) is 20.1 Å². The Balaban J connectivity index is 1.48. The average Bonchev–Trinajstić information content (AvgIpc) is 2.99. The van der Waals surface area contributed by atoms with Crippen molar-refractivity contribution in [3.8, 4) is 0 Å². The van der Waals surface area contributed by atoms with Crippen LogP contribution >= 0.6 is 0 Å². The Kier molecular flexibility index (Phi) is 4.57. The van der Waals surface area contributed by atoms with Gasteiger partial charge in [-0.25, -0.2) is 14.5 Å². The molecule has 8 nitrogen and oxygen atoms in total. The molecule has 0 radical (unpaired) electrons. The van der Waals surface area contributed by atoms with Gasteiger partial charge < -0.3 is 9.64 Å². The van der Waals surface area contributed by atoms with Crippen LogP contribution in [0, 0.1) is 12.8 Å². The van der Waals surface area contributed by atoms with Gasteiger partial charge in [0.15, 0.2) is 5.65 Å². The van der Waals surface area contributed by atoms with E-state index in [0.29, 0.717) is 32.0 Å². The molecule has 3 aromatic rings. The van der Waals surface area contributed by atoms with Crippen molar-refractivity contribution in [1.29, 1.82) is 0 Å². The van der Waals surface area contributed by atoms with Gasteiger partial charge in [-0.1, -0.05) is 0 Å². The van der Waals surface area contributed by atoms with Crippen molar-refractivity contribution >= 4 is 11.6 Å². The number of hydrogen-bond acceptors (Lipinski definition) is 6. The van der Waals surface area contributed by atoms with Crippen LogP contribution in [0.1, 0.15) is 21.9 Å².